The first-order valence-electron chi connectivity index (χ1n) is 7.53. The fourth-order valence-corrected chi connectivity index (χ4v) is 2.72. The predicted octanol–water partition coefficient (Wildman–Crippen LogP) is -0.206. The standard InChI is InChI=1S/C15H26N2O3/c1-2-5-16-6-8-17(9-7-16)11-14(18)12-19-13-15-4-3-10-20-15/h1,14-15,18H,3-13H2. The number of terminal acetylenes is 1. The molecule has 0 aliphatic carbocycles. The zero-order valence-electron chi connectivity index (χ0n) is 12.2. The van der Waals surface area contributed by atoms with E-state index in [-0.39, 0.29) is 6.10 Å². The zero-order chi connectivity index (χ0) is 14.2. The van der Waals surface area contributed by atoms with E-state index in [9.17, 15) is 5.11 Å². The highest BCUT2D eigenvalue weighted by Gasteiger charge is 2.20. The van der Waals surface area contributed by atoms with Gasteiger partial charge in [-0.2, -0.15) is 0 Å². The number of aliphatic hydroxyl groups excluding tert-OH is 1. The minimum absolute atomic E-state index is 0.231. The van der Waals surface area contributed by atoms with Crippen molar-refractivity contribution < 1.29 is 14.6 Å². The predicted molar refractivity (Wildman–Crippen MR) is 77.5 cm³/mol. The molecule has 0 saturated carbocycles. The molecule has 0 bridgehead atoms. The fourth-order valence-electron chi connectivity index (χ4n) is 2.72. The van der Waals surface area contributed by atoms with Crippen LogP contribution >= 0.6 is 0 Å². The van der Waals surface area contributed by atoms with Crippen LogP contribution in [-0.2, 0) is 9.47 Å². The number of nitrogens with zero attached hydrogens (tertiary/aromatic N) is 2. The van der Waals surface area contributed by atoms with Gasteiger partial charge in [-0.05, 0) is 12.8 Å². The van der Waals surface area contributed by atoms with Crippen LogP contribution in [0, 0.1) is 12.3 Å². The lowest BCUT2D eigenvalue weighted by molar-refractivity contribution is -0.0282. The smallest absolute Gasteiger partial charge is 0.0900 e. The molecule has 2 saturated heterocycles. The van der Waals surface area contributed by atoms with Gasteiger partial charge >= 0.3 is 0 Å². The molecule has 2 atom stereocenters. The summed E-state index contributed by atoms with van der Waals surface area (Å²) in [5, 5.41) is 9.99. The van der Waals surface area contributed by atoms with E-state index in [1.807, 2.05) is 0 Å². The molecule has 0 radical (unpaired) electrons. The number of ether oxygens (including phenoxy) is 2. The molecule has 20 heavy (non-hydrogen) atoms. The van der Waals surface area contributed by atoms with Crippen LogP contribution in [0.1, 0.15) is 12.8 Å². The lowest BCUT2D eigenvalue weighted by atomic mass is 10.2. The summed E-state index contributed by atoms with van der Waals surface area (Å²) in [5.41, 5.74) is 0. The highest BCUT2D eigenvalue weighted by Crippen LogP contribution is 2.12. The molecule has 5 nitrogen and oxygen atoms in total. The van der Waals surface area contributed by atoms with Gasteiger partial charge < -0.3 is 14.6 Å². The maximum atomic E-state index is 9.99. The van der Waals surface area contributed by atoms with Crippen molar-refractivity contribution in [2.45, 2.75) is 25.0 Å². The molecule has 2 unspecified atom stereocenters. The molecule has 0 spiro atoms. The second-order valence-corrected chi connectivity index (χ2v) is 5.61. The molecular weight excluding hydrogens is 256 g/mol. The van der Waals surface area contributed by atoms with E-state index in [1.165, 1.54) is 0 Å². The third-order valence-corrected chi connectivity index (χ3v) is 3.89. The van der Waals surface area contributed by atoms with E-state index in [0.717, 1.165) is 52.2 Å². The number of hydrogen-bond acceptors (Lipinski definition) is 5. The third kappa shape index (κ3) is 5.39. The molecule has 0 aromatic carbocycles. The largest absolute Gasteiger partial charge is 0.389 e. The van der Waals surface area contributed by atoms with Gasteiger partial charge in [0.1, 0.15) is 0 Å². The van der Waals surface area contributed by atoms with Crippen LogP contribution in [0.3, 0.4) is 0 Å². The number of piperazine rings is 1. The van der Waals surface area contributed by atoms with Crippen molar-refractivity contribution in [3.05, 3.63) is 0 Å². The summed E-state index contributed by atoms with van der Waals surface area (Å²) in [5.74, 6) is 2.67. The first-order chi connectivity index (χ1) is 9.78. The van der Waals surface area contributed by atoms with Crippen molar-refractivity contribution in [3.63, 3.8) is 0 Å². The van der Waals surface area contributed by atoms with E-state index >= 15 is 0 Å². The molecule has 0 amide bonds. The monoisotopic (exact) mass is 282 g/mol. The Kier molecular flexibility index (Phi) is 6.77. The summed E-state index contributed by atoms with van der Waals surface area (Å²) in [6.07, 6.45) is 7.32. The van der Waals surface area contributed by atoms with E-state index in [4.69, 9.17) is 15.9 Å². The summed E-state index contributed by atoms with van der Waals surface area (Å²) in [7, 11) is 0. The Morgan fingerprint density at radius 3 is 2.70 bits per heavy atom. The molecule has 0 aromatic heterocycles. The van der Waals surface area contributed by atoms with Crippen molar-refractivity contribution in [1.82, 2.24) is 9.80 Å². The Morgan fingerprint density at radius 1 is 1.30 bits per heavy atom. The lowest BCUT2D eigenvalue weighted by Gasteiger charge is -2.34. The van der Waals surface area contributed by atoms with E-state index in [2.05, 4.69) is 15.7 Å². The van der Waals surface area contributed by atoms with Gasteiger partial charge in [0.15, 0.2) is 0 Å². The molecule has 1 N–H and O–H groups in total. The topological polar surface area (TPSA) is 45.2 Å². The molecule has 2 rings (SSSR count). The quantitative estimate of drug-likeness (QED) is 0.655. The fraction of sp³-hybridized carbons (Fsp3) is 0.867. The van der Waals surface area contributed by atoms with Crippen LogP contribution < -0.4 is 0 Å². The third-order valence-electron chi connectivity index (χ3n) is 3.89. The lowest BCUT2D eigenvalue weighted by Crippen LogP contribution is -2.49. The van der Waals surface area contributed by atoms with Gasteiger partial charge in [0, 0.05) is 39.3 Å². The molecule has 2 heterocycles. The first kappa shape index (κ1) is 15.7. The van der Waals surface area contributed by atoms with Crippen LogP contribution in [0.2, 0.25) is 0 Å². The van der Waals surface area contributed by atoms with Crippen LogP contribution in [0.25, 0.3) is 0 Å². The Labute approximate surface area is 121 Å². The SMILES string of the molecule is C#CCN1CCN(CC(O)COCC2CCCO2)CC1. The Bertz CT molecular complexity index is 305. The normalized spacial score (nSPS) is 26.5. The maximum absolute atomic E-state index is 9.99. The van der Waals surface area contributed by atoms with Gasteiger partial charge in [-0.25, -0.2) is 0 Å². The number of rotatable bonds is 7. The second kappa shape index (κ2) is 8.60. The van der Waals surface area contributed by atoms with E-state index in [0.29, 0.717) is 19.8 Å². The van der Waals surface area contributed by atoms with Crippen LogP contribution in [0.4, 0.5) is 0 Å². The average Bonchev–Trinajstić information content (AvgIpc) is 2.94. The van der Waals surface area contributed by atoms with Gasteiger partial charge in [0.2, 0.25) is 0 Å². The summed E-state index contributed by atoms with van der Waals surface area (Å²) in [6.45, 7) is 7.13. The van der Waals surface area contributed by atoms with Crippen LogP contribution in [-0.4, -0.2) is 86.2 Å². The van der Waals surface area contributed by atoms with Gasteiger partial charge in [0.05, 0.1) is 32.0 Å². The number of aliphatic hydroxyl groups is 1. The molecular formula is C15H26N2O3. The molecule has 2 aliphatic rings. The van der Waals surface area contributed by atoms with Crippen molar-refractivity contribution in [1.29, 1.82) is 0 Å². The maximum Gasteiger partial charge on any atom is 0.0900 e. The van der Waals surface area contributed by atoms with Crippen LogP contribution in [0.15, 0.2) is 0 Å². The summed E-state index contributed by atoms with van der Waals surface area (Å²) in [6, 6.07) is 0. The Morgan fingerprint density at radius 2 is 2.05 bits per heavy atom. The number of β-amino-alcohol motifs (C(OH)–C–C–N with tert-alkyl or cyclic N) is 1. The van der Waals surface area contributed by atoms with Gasteiger partial charge in [-0.15, -0.1) is 6.42 Å². The highest BCUT2D eigenvalue weighted by molar-refractivity contribution is 4.89. The highest BCUT2D eigenvalue weighted by atomic mass is 16.5. The summed E-state index contributed by atoms with van der Waals surface area (Å²) >= 11 is 0. The Hall–Kier alpha value is -0.640. The van der Waals surface area contributed by atoms with Crippen molar-refractivity contribution in [2.75, 3.05) is 59.1 Å². The van der Waals surface area contributed by atoms with Gasteiger partial charge in [0.25, 0.3) is 0 Å². The van der Waals surface area contributed by atoms with Crippen LogP contribution in [0.5, 0.6) is 0 Å². The second-order valence-electron chi connectivity index (χ2n) is 5.61. The summed E-state index contributed by atoms with van der Waals surface area (Å²) in [4.78, 5) is 4.53. The Balaban J connectivity index is 1.53. The molecule has 5 heteroatoms. The molecule has 2 aliphatic heterocycles. The zero-order valence-corrected chi connectivity index (χ0v) is 12.2. The molecule has 0 aromatic rings. The average molecular weight is 282 g/mol. The van der Waals surface area contributed by atoms with E-state index in [1.54, 1.807) is 0 Å². The molecule has 2 fully saturated rings. The van der Waals surface area contributed by atoms with Crippen molar-refractivity contribution in [3.8, 4) is 12.3 Å². The van der Waals surface area contributed by atoms with Gasteiger partial charge in [-0.1, -0.05) is 5.92 Å². The molecule has 114 valence electrons. The number of hydrogen-bond donors (Lipinski definition) is 1. The minimum Gasteiger partial charge on any atom is -0.389 e. The van der Waals surface area contributed by atoms with Crippen molar-refractivity contribution in [2.24, 2.45) is 0 Å². The minimum atomic E-state index is -0.421. The summed E-state index contributed by atoms with van der Waals surface area (Å²) < 4.78 is 11.0. The first-order valence-corrected chi connectivity index (χ1v) is 7.53. The van der Waals surface area contributed by atoms with E-state index < -0.39 is 6.10 Å². The van der Waals surface area contributed by atoms with Gasteiger partial charge in [-0.3, -0.25) is 9.80 Å². The van der Waals surface area contributed by atoms with Crippen molar-refractivity contribution >= 4 is 0 Å².